The molecule has 150 valence electrons. The van der Waals surface area contributed by atoms with E-state index in [2.05, 4.69) is 5.10 Å². The smallest absolute Gasteiger partial charge is 0.260 e. The van der Waals surface area contributed by atoms with E-state index in [0.717, 1.165) is 31.9 Å². The van der Waals surface area contributed by atoms with Gasteiger partial charge in [0.15, 0.2) is 10.8 Å². The lowest BCUT2D eigenvalue weighted by Crippen LogP contribution is -2.30. The highest BCUT2D eigenvalue weighted by atomic mass is 32.1. The molecule has 4 heterocycles. The average Bonchev–Trinajstić information content (AvgIpc) is 3.47. The third-order valence-corrected chi connectivity index (χ3v) is 7.00. The topological polar surface area (TPSA) is 63.9 Å². The maximum atomic E-state index is 13.8. The van der Waals surface area contributed by atoms with Crippen molar-refractivity contribution in [2.45, 2.75) is 13.8 Å². The fourth-order valence-electron chi connectivity index (χ4n) is 3.65. The van der Waals surface area contributed by atoms with Crippen molar-refractivity contribution in [3.8, 4) is 10.6 Å². The number of nitrogens with zero attached hydrogens (tertiary/aromatic N) is 5. The molecule has 0 N–H and O–H groups in total. The van der Waals surface area contributed by atoms with Gasteiger partial charge in [-0.2, -0.15) is 5.10 Å². The Morgan fingerprint density at radius 1 is 1.17 bits per heavy atom. The molecule has 0 aliphatic rings. The molecule has 0 bridgehead atoms. The third kappa shape index (κ3) is 3.00. The highest BCUT2D eigenvalue weighted by molar-refractivity contribution is 7.22. The van der Waals surface area contributed by atoms with E-state index in [-0.39, 0.29) is 5.91 Å². The molecule has 0 spiro atoms. The summed E-state index contributed by atoms with van der Waals surface area (Å²) in [5, 5.41) is 8.03. The molecule has 0 aliphatic carbocycles. The zero-order valence-corrected chi connectivity index (χ0v) is 18.4. The SMILES string of the molecule is CCN(C(=O)c1cc(-c2cccs2)nc2c1c(C)nn2C)c1nc2ccccc2s1. The van der Waals surface area contributed by atoms with Crippen molar-refractivity contribution in [3.05, 3.63) is 59.1 Å². The summed E-state index contributed by atoms with van der Waals surface area (Å²) in [5.41, 5.74) is 3.79. The van der Waals surface area contributed by atoms with Crippen LogP contribution in [0.3, 0.4) is 0 Å². The van der Waals surface area contributed by atoms with Gasteiger partial charge in [-0.05, 0) is 43.5 Å². The first-order valence-corrected chi connectivity index (χ1v) is 11.3. The van der Waals surface area contributed by atoms with E-state index in [0.29, 0.717) is 22.9 Å². The van der Waals surface area contributed by atoms with Crippen LogP contribution >= 0.6 is 22.7 Å². The summed E-state index contributed by atoms with van der Waals surface area (Å²) in [6.07, 6.45) is 0. The number of carbonyl (C=O) groups is 1. The average molecular weight is 434 g/mol. The maximum absolute atomic E-state index is 13.8. The minimum absolute atomic E-state index is 0.0853. The number of rotatable bonds is 4. The molecule has 30 heavy (non-hydrogen) atoms. The molecule has 4 aromatic heterocycles. The standard InChI is InChI=1S/C22H19N5OS2/c1-4-27(22-24-15-8-5-6-9-18(15)30-22)21(28)14-12-16(17-10-7-11-29-17)23-20-19(14)13(2)25-26(20)3/h5-12H,4H2,1-3H3. The Bertz CT molecular complexity index is 1350. The summed E-state index contributed by atoms with van der Waals surface area (Å²) >= 11 is 3.13. The number of hydrogen-bond acceptors (Lipinski definition) is 6. The summed E-state index contributed by atoms with van der Waals surface area (Å²) in [4.78, 5) is 26.0. The largest absolute Gasteiger partial charge is 0.284 e. The lowest BCUT2D eigenvalue weighted by Gasteiger charge is -2.18. The van der Waals surface area contributed by atoms with Crippen LogP contribution in [0.5, 0.6) is 0 Å². The number of anilines is 1. The fourth-order valence-corrected chi connectivity index (χ4v) is 5.36. The summed E-state index contributed by atoms with van der Waals surface area (Å²) in [5.74, 6) is -0.0853. The molecular weight excluding hydrogens is 414 g/mol. The van der Waals surface area contributed by atoms with E-state index in [1.54, 1.807) is 20.9 Å². The molecule has 0 radical (unpaired) electrons. The second-order valence-corrected chi connectivity index (χ2v) is 8.91. The first-order chi connectivity index (χ1) is 14.6. The van der Waals surface area contributed by atoms with E-state index < -0.39 is 0 Å². The third-order valence-electron chi connectivity index (χ3n) is 5.05. The van der Waals surface area contributed by atoms with Gasteiger partial charge in [0, 0.05) is 13.6 Å². The molecule has 0 saturated carbocycles. The number of aromatic nitrogens is 4. The molecule has 0 aliphatic heterocycles. The molecular formula is C22H19N5OS2. The molecule has 0 fully saturated rings. The Morgan fingerprint density at radius 3 is 2.73 bits per heavy atom. The van der Waals surface area contributed by atoms with Crippen LogP contribution in [0, 0.1) is 6.92 Å². The minimum atomic E-state index is -0.0853. The number of para-hydroxylation sites is 1. The number of thiophene rings is 1. The van der Waals surface area contributed by atoms with Crippen LogP contribution in [0.15, 0.2) is 47.8 Å². The van der Waals surface area contributed by atoms with Gasteiger partial charge in [-0.15, -0.1) is 11.3 Å². The fraction of sp³-hybridized carbons (Fsp3) is 0.182. The summed E-state index contributed by atoms with van der Waals surface area (Å²) in [6.45, 7) is 4.41. The number of amides is 1. The van der Waals surface area contributed by atoms with Crippen LogP contribution in [0.1, 0.15) is 23.0 Å². The molecule has 5 rings (SSSR count). The second kappa shape index (κ2) is 7.30. The zero-order chi connectivity index (χ0) is 20.8. The summed E-state index contributed by atoms with van der Waals surface area (Å²) < 4.78 is 2.81. The van der Waals surface area contributed by atoms with Crippen LogP contribution < -0.4 is 4.90 Å². The molecule has 1 amide bonds. The van der Waals surface area contributed by atoms with Crippen LogP contribution in [0.4, 0.5) is 5.13 Å². The van der Waals surface area contributed by atoms with E-state index in [9.17, 15) is 4.79 Å². The van der Waals surface area contributed by atoms with E-state index in [1.807, 2.05) is 68.7 Å². The summed E-state index contributed by atoms with van der Waals surface area (Å²) in [7, 11) is 1.86. The first-order valence-electron chi connectivity index (χ1n) is 9.62. The Labute approximate surface area is 181 Å². The van der Waals surface area contributed by atoms with Crippen molar-refractivity contribution >= 4 is 55.0 Å². The van der Waals surface area contributed by atoms with Crippen molar-refractivity contribution in [2.24, 2.45) is 7.05 Å². The molecule has 0 atom stereocenters. The van der Waals surface area contributed by atoms with Crippen molar-refractivity contribution in [3.63, 3.8) is 0 Å². The van der Waals surface area contributed by atoms with Gasteiger partial charge >= 0.3 is 0 Å². The molecule has 6 nitrogen and oxygen atoms in total. The molecule has 0 saturated heterocycles. The number of thiazole rings is 1. The first kappa shape index (κ1) is 18.9. The quantitative estimate of drug-likeness (QED) is 0.387. The Balaban J connectivity index is 1.69. The Morgan fingerprint density at radius 2 is 2.00 bits per heavy atom. The van der Waals surface area contributed by atoms with Gasteiger partial charge in [0.2, 0.25) is 0 Å². The minimum Gasteiger partial charge on any atom is -0.284 e. The second-order valence-electron chi connectivity index (χ2n) is 6.95. The van der Waals surface area contributed by atoms with Gasteiger partial charge in [-0.25, -0.2) is 9.97 Å². The van der Waals surface area contributed by atoms with Crippen molar-refractivity contribution in [1.29, 1.82) is 0 Å². The normalized spacial score (nSPS) is 11.4. The number of pyridine rings is 1. The van der Waals surface area contributed by atoms with Gasteiger partial charge < -0.3 is 0 Å². The van der Waals surface area contributed by atoms with Crippen molar-refractivity contribution in [1.82, 2.24) is 19.7 Å². The highest BCUT2D eigenvalue weighted by Crippen LogP contribution is 2.33. The van der Waals surface area contributed by atoms with E-state index in [4.69, 9.17) is 9.97 Å². The van der Waals surface area contributed by atoms with Crippen molar-refractivity contribution in [2.75, 3.05) is 11.4 Å². The number of carbonyl (C=O) groups excluding carboxylic acids is 1. The Kier molecular flexibility index (Phi) is 4.60. The number of hydrogen-bond donors (Lipinski definition) is 0. The summed E-state index contributed by atoms with van der Waals surface area (Å²) in [6, 6.07) is 13.8. The molecule has 1 aromatic carbocycles. The van der Waals surface area contributed by atoms with E-state index in [1.165, 1.54) is 11.3 Å². The highest BCUT2D eigenvalue weighted by Gasteiger charge is 2.25. The molecule has 8 heteroatoms. The van der Waals surface area contributed by atoms with E-state index >= 15 is 0 Å². The van der Waals surface area contributed by atoms with Crippen LogP contribution in [-0.4, -0.2) is 32.2 Å². The number of fused-ring (bicyclic) bond motifs is 2. The van der Waals surface area contributed by atoms with Gasteiger partial charge in [0.05, 0.1) is 37.4 Å². The maximum Gasteiger partial charge on any atom is 0.260 e. The van der Waals surface area contributed by atoms with Gasteiger partial charge in [-0.3, -0.25) is 14.4 Å². The predicted molar refractivity (Wildman–Crippen MR) is 124 cm³/mol. The lowest BCUT2D eigenvalue weighted by atomic mass is 10.1. The molecule has 0 unspecified atom stereocenters. The predicted octanol–water partition coefficient (Wildman–Crippen LogP) is 5.28. The van der Waals surface area contributed by atoms with Gasteiger partial charge in [0.25, 0.3) is 5.91 Å². The van der Waals surface area contributed by atoms with Gasteiger partial charge in [0.1, 0.15) is 0 Å². The van der Waals surface area contributed by atoms with Crippen LogP contribution in [0.25, 0.3) is 31.8 Å². The Hall–Kier alpha value is -3.10. The van der Waals surface area contributed by atoms with Crippen LogP contribution in [0.2, 0.25) is 0 Å². The number of aryl methyl sites for hydroxylation is 2. The van der Waals surface area contributed by atoms with Gasteiger partial charge in [-0.1, -0.05) is 29.5 Å². The zero-order valence-electron chi connectivity index (χ0n) is 16.8. The number of benzene rings is 1. The van der Waals surface area contributed by atoms with Crippen LogP contribution in [-0.2, 0) is 7.05 Å². The lowest BCUT2D eigenvalue weighted by molar-refractivity contribution is 0.0990. The molecule has 5 aromatic rings. The monoisotopic (exact) mass is 433 g/mol. The van der Waals surface area contributed by atoms with Crippen molar-refractivity contribution < 1.29 is 4.79 Å².